The maximum Gasteiger partial charge on any atom is 0.243 e. The molecule has 0 aliphatic heterocycles. The van der Waals surface area contributed by atoms with Gasteiger partial charge in [0.1, 0.15) is 5.16 Å². The van der Waals surface area contributed by atoms with Crippen molar-refractivity contribution < 1.29 is 14.2 Å². The number of benzene rings is 2. The molecule has 1 atom stereocenters. The van der Waals surface area contributed by atoms with Gasteiger partial charge in [0.25, 0.3) is 0 Å². The molecule has 1 radical (unpaired) electrons. The van der Waals surface area contributed by atoms with Crippen LogP contribution >= 0.6 is 7.80 Å². The van der Waals surface area contributed by atoms with Crippen molar-refractivity contribution in [2.24, 2.45) is 0 Å². The van der Waals surface area contributed by atoms with Crippen molar-refractivity contribution in [3.63, 3.8) is 0 Å². The largest absolute Gasteiger partial charge is 0.293 e. The van der Waals surface area contributed by atoms with E-state index in [9.17, 15) is 14.2 Å². The summed E-state index contributed by atoms with van der Waals surface area (Å²) in [6.07, 6.45) is 3.68. The molecule has 1 unspecified atom stereocenters. The summed E-state index contributed by atoms with van der Waals surface area (Å²) in [4.78, 5) is 27.7. The van der Waals surface area contributed by atoms with Crippen molar-refractivity contribution >= 4 is 19.1 Å². The monoisotopic (exact) mass is 451 g/mol. The van der Waals surface area contributed by atoms with Crippen LogP contribution in [0.15, 0.2) is 30.3 Å². The van der Waals surface area contributed by atoms with Gasteiger partial charge in [-0.05, 0) is 73.8 Å². The van der Waals surface area contributed by atoms with E-state index in [4.69, 9.17) is 0 Å². The molecule has 32 heavy (non-hydrogen) atoms. The number of carbonyl (C=O) groups is 2. The van der Waals surface area contributed by atoms with Gasteiger partial charge in [-0.2, -0.15) is 0 Å². The second-order valence-electron chi connectivity index (χ2n) is 10.5. The molecule has 2 aromatic carbocycles. The second kappa shape index (κ2) is 9.02. The van der Waals surface area contributed by atoms with Crippen LogP contribution in [0, 0.1) is 27.7 Å². The highest BCUT2D eigenvalue weighted by Crippen LogP contribution is 2.53. The Bertz CT molecular complexity index is 1040. The zero-order chi connectivity index (χ0) is 23.8. The lowest BCUT2D eigenvalue weighted by atomic mass is 9.78. The third kappa shape index (κ3) is 4.37. The van der Waals surface area contributed by atoms with Crippen molar-refractivity contribution in [2.45, 2.75) is 91.1 Å². The van der Waals surface area contributed by atoms with Gasteiger partial charge in [0.15, 0.2) is 13.6 Å². The molecule has 3 nitrogen and oxygen atoms in total. The first kappa shape index (κ1) is 24.5. The molecule has 0 amide bonds. The average molecular weight is 452 g/mol. The normalized spacial score (nSPS) is 16.5. The predicted molar refractivity (Wildman–Crippen MR) is 133 cm³/mol. The van der Waals surface area contributed by atoms with Crippen molar-refractivity contribution in [1.29, 1.82) is 0 Å². The maximum absolute atomic E-state index is 14.1. The predicted octanol–water partition coefficient (Wildman–Crippen LogP) is 7.77. The summed E-state index contributed by atoms with van der Waals surface area (Å²) in [5, 5.41) is -1.11. The topological polar surface area (TPSA) is 51.2 Å². The Labute approximate surface area is 193 Å². The third-order valence-electron chi connectivity index (χ3n) is 7.00. The molecule has 0 spiro atoms. The smallest absolute Gasteiger partial charge is 0.243 e. The number of hydrogen-bond donors (Lipinski definition) is 0. The lowest BCUT2D eigenvalue weighted by Crippen LogP contribution is -2.39. The number of ketones is 1. The quantitative estimate of drug-likeness (QED) is 0.345. The minimum absolute atomic E-state index is 0.0247. The molecule has 171 valence electrons. The molecular weight excluding hydrogens is 415 g/mol. The standard InChI is InChI=1S/C28H36O3P/c1-18-12-11-13-19(2)24(18)26(30)32(31)28(14-9-8-10-15-28)25(29)23-20(3)16-22(17-21(23)4)27(5,6)7/h11-13,16-17H,8-10,14-15H2,1-7H3. The Hall–Kier alpha value is -2.12. The SMILES string of the molecule is Cc1cccc(C)c1C(=O)[P](=O)C1(C(=O)c2c(C)cc(C(C)(C)C)cc2C)CCCCC1. The van der Waals surface area contributed by atoms with Crippen molar-refractivity contribution in [2.75, 3.05) is 0 Å². The zero-order valence-electron chi connectivity index (χ0n) is 20.6. The summed E-state index contributed by atoms with van der Waals surface area (Å²) in [6.45, 7) is 14.2. The minimum atomic E-state index is -2.41. The first-order valence-corrected chi connectivity index (χ1v) is 12.9. The Morgan fingerprint density at radius 2 is 1.31 bits per heavy atom. The van der Waals surface area contributed by atoms with Crippen LogP contribution in [0.4, 0.5) is 0 Å². The van der Waals surface area contributed by atoms with Crippen LogP contribution in [0.1, 0.15) is 101 Å². The van der Waals surface area contributed by atoms with Crippen molar-refractivity contribution in [3.05, 3.63) is 69.3 Å². The molecule has 3 rings (SSSR count). The van der Waals surface area contributed by atoms with Gasteiger partial charge in [-0.3, -0.25) is 14.2 Å². The van der Waals surface area contributed by atoms with Crippen LogP contribution in [0.2, 0.25) is 0 Å². The highest BCUT2D eigenvalue weighted by molar-refractivity contribution is 7.67. The molecule has 0 aromatic heterocycles. The number of rotatable bonds is 5. The van der Waals surface area contributed by atoms with E-state index in [-0.39, 0.29) is 16.7 Å². The number of hydrogen-bond acceptors (Lipinski definition) is 3. The maximum atomic E-state index is 14.1. The van der Waals surface area contributed by atoms with Gasteiger partial charge in [0.2, 0.25) is 5.52 Å². The molecule has 1 aliphatic carbocycles. The molecule has 0 N–H and O–H groups in total. The lowest BCUT2D eigenvalue weighted by Gasteiger charge is -2.35. The molecule has 4 heteroatoms. The van der Waals surface area contributed by atoms with E-state index < -0.39 is 13.0 Å². The van der Waals surface area contributed by atoms with Crippen LogP contribution in [0.3, 0.4) is 0 Å². The average Bonchev–Trinajstić information content (AvgIpc) is 2.72. The fourth-order valence-corrected chi connectivity index (χ4v) is 7.06. The first-order valence-electron chi connectivity index (χ1n) is 11.6. The van der Waals surface area contributed by atoms with Gasteiger partial charge < -0.3 is 0 Å². The molecule has 2 aromatic rings. The molecule has 1 aliphatic rings. The third-order valence-corrected chi connectivity index (χ3v) is 9.02. The van der Waals surface area contributed by atoms with E-state index in [1.54, 1.807) is 0 Å². The Balaban J connectivity index is 2.12. The zero-order valence-corrected chi connectivity index (χ0v) is 21.5. The Morgan fingerprint density at radius 3 is 1.78 bits per heavy atom. The highest BCUT2D eigenvalue weighted by atomic mass is 31.1. The molecule has 0 saturated heterocycles. The number of carbonyl (C=O) groups excluding carboxylic acids is 2. The van der Waals surface area contributed by atoms with Crippen LogP contribution in [-0.4, -0.2) is 16.5 Å². The molecule has 1 saturated carbocycles. The van der Waals surface area contributed by atoms with Crippen LogP contribution < -0.4 is 0 Å². The van der Waals surface area contributed by atoms with Gasteiger partial charge in [-0.15, -0.1) is 0 Å². The van der Waals surface area contributed by atoms with Crippen LogP contribution in [0.25, 0.3) is 0 Å². The van der Waals surface area contributed by atoms with Gasteiger partial charge in [0.05, 0.1) is 0 Å². The Morgan fingerprint density at radius 1 is 0.812 bits per heavy atom. The van der Waals surface area contributed by atoms with Gasteiger partial charge >= 0.3 is 0 Å². The van der Waals surface area contributed by atoms with E-state index in [1.807, 2.05) is 45.9 Å². The molecule has 1 fully saturated rings. The van der Waals surface area contributed by atoms with Gasteiger partial charge in [0, 0.05) is 11.1 Å². The fraction of sp³-hybridized carbons (Fsp3) is 0.500. The highest BCUT2D eigenvalue weighted by Gasteiger charge is 2.49. The fourth-order valence-electron chi connectivity index (χ4n) is 5.09. The summed E-state index contributed by atoms with van der Waals surface area (Å²) in [7, 11) is -2.41. The molecular formula is C28H36O3P. The minimum Gasteiger partial charge on any atom is -0.293 e. The molecule has 0 heterocycles. The summed E-state index contributed by atoms with van der Waals surface area (Å²) < 4.78 is 14.0. The van der Waals surface area contributed by atoms with Gasteiger partial charge in [-0.25, -0.2) is 0 Å². The molecule has 0 bridgehead atoms. The first-order chi connectivity index (χ1) is 14.9. The van der Waals surface area contributed by atoms with E-state index in [1.165, 1.54) is 5.56 Å². The lowest BCUT2D eigenvalue weighted by molar-refractivity contribution is 0.0902. The summed E-state index contributed by atoms with van der Waals surface area (Å²) >= 11 is 0. The number of Topliss-reactive ketones (excluding diaryl/α,β-unsaturated/α-hetero) is 1. The van der Waals surface area contributed by atoms with E-state index in [0.717, 1.165) is 41.5 Å². The van der Waals surface area contributed by atoms with E-state index in [0.29, 0.717) is 24.0 Å². The summed E-state index contributed by atoms with van der Waals surface area (Å²) in [5.74, 6) is -0.103. The number of aryl methyl sites for hydroxylation is 4. The summed E-state index contributed by atoms with van der Waals surface area (Å²) in [5.41, 5.74) is 5.41. The van der Waals surface area contributed by atoms with E-state index >= 15 is 0 Å². The van der Waals surface area contributed by atoms with Crippen molar-refractivity contribution in [3.8, 4) is 0 Å². The van der Waals surface area contributed by atoms with Gasteiger partial charge in [-0.1, -0.05) is 70.4 Å². The second-order valence-corrected chi connectivity index (χ2v) is 12.4. The van der Waals surface area contributed by atoms with Crippen LogP contribution in [0.5, 0.6) is 0 Å². The Kier molecular flexibility index (Phi) is 6.91. The van der Waals surface area contributed by atoms with E-state index in [2.05, 4.69) is 32.9 Å². The van der Waals surface area contributed by atoms with Crippen molar-refractivity contribution in [1.82, 2.24) is 0 Å². The summed E-state index contributed by atoms with van der Waals surface area (Å²) in [6, 6.07) is 9.81. The van der Waals surface area contributed by atoms with Crippen LogP contribution in [-0.2, 0) is 9.98 Å².